The molecule has 0 saturated carbocycles. The van der Waals surface area contributed by atoms with Crippen LogP contribution in [0.15, 0.2) is 60.7 Å². The van der Waals surface area contributed by atoms with E-state index in [2.05, 4.69) is 22.5 Å². The first-order valence-electron chi connectivity index (χ1n) is 9.15. The van der Waals surface area contributed by atoms with Crippen LogP contribution in [0, 0.1) is 17.8 Å². The Bertz CT molecular complexity index is 817. The van der Waals surface area contributed by atoms with E-state index in [-0.39, 0.29) is 17.9 Å². The van der Waals surface area contributed by atoms with Gasteiger partial charge in [-0.15, -0.1) is 0 Å². The van der Waals surface area contributed by atoms with Crippen LogP contribution in [0.25, 0.3) is 0 Å². The van der Waals surface area contributed by atoms with Gasteiger partial charge in [-0.3, -0.25) is 4.79 Å². The number of piperidine rings is 1. The van der Waals surface area contributed by atoms with Crippen molar-refractivity contribution in [2.75, 3.05) is 25.0 Å². The molecular weight excluding hydrogens is 338 g/mol. The normalized spacial score (nSPS) is 14.0. The van der Waals surface area contributed by atoms with Gasteiger partial charge in [0.1, 0.15) is 0 Å². The van der Waals surface area contributed by atoms with Gasteiger partial charge in [0.2, 0.25) is 5.91 Å². The van der Waals surface area contributed by atoms with Gasteiger partial charge in [0.25, 0.3) is 0 Å². The average molecular weight is 361 g/mol. The second-order valence-corrected chi connectivity index (χ2v) is 6.44. The SMILES string of the molecule is O=C(Nc1ccccc1)C1CCN(C(=O)NCC#Cc2ccccc2)CC1. The molecule has 3 rings (SSSR count). The third-order valence-electron chi connectivity index (χ3n) is 4.53. The van der Waals surface area contributed by atoms with Gasteiger partial charge in [0.15, 0.2) is 0 Å². The minimum absolute atomic E-state index is 0.0231. The summed E-state index contributed by atoms with van der Waals surface area (Å²) in [5.74, 6) is 5.93. The Labute approximate surface area is 159 Å². The Morgan fingerprint density at radius 1 is 0.963 bits per heavy atom. The Kier molecular flexibility index (Phi) is 6.48. The fourth-order valence-electron chi connectivity index (χ4n) is 3.01. The van der Waals surface area contributed by atoms with Gasteiger partial charge in [0.05, 0.1) is 6.54 Å². The maximum absolute atomic E-state index is 12.3. The van der Waals surface area contributed by atoms with Crippen LogP contribution in [-0.4, -0.2) is 36.5 Å². The lowest BCUT2D eigenvalue weighted by atomic mass is 9.96. The number of carbonyl (C=O) groups excluding carboxylic acids is 2. The molecule has 2 aromatic carbocycles. The van der Waals surface area contributed by atoms with Crippen molar-refractivity contribution in [1.29, 1.82) is 0 Å². The summed E-state index contributed by atoms with van der Waals surface area (Å²) in [5, 5.41) is 5.76. The highest BCUT2D eigenvalue weighted by atomic mass is 16.2. The Hall–Kier alpha value is -3.26. The van der Waals surface area contributed by atoms with Gasteiger partial charge in [0, 0.05) is 30.3 Å². The highest BCUT2D eigenvalue weighted by Gasteiger charge is 2.27. The molecule has 0 aromatic heterocycles. The monoisotopic (exact) mass is 361 g/mol. The van der Waals surface area contributed by atoms with E-state index in [1.54, 1.807) is 4.90 Å². The van der Waals surface area contributed by atoms with E-state index in [9.17, 15) is 9.59 Å². The number of nitrogens with zero attached hydrogens (tertiary/aromatic N) is 1. The first-order valence-corrected chi connectivity index (χ1v) is 9.15. The molecule has 5 heteroatoms. The molecule has 27 heavy (non-hydrogen) atoms. The van der Waals surface area contributed by atoms with Crippen molar-refractivity contribution in [3.05, 3.63) is 66.2 Å². The smallest absolute Gasteiger partial charge is 0.318 e. The Balaban J connectivity index is 1.40. The maximum Gasteiger partial charge on any atom is 0.318 e. The summed E-state index contributed by atoms with van der Waals surface area (Å²) in [6.45, 7) is 1.46. The van der Waals surface area contributed by atoms with Crippen LogP contribution >= 0.6 is 0 Å². The third-order valence-corrected chi connectivity index (χ3v) is 4.53. The van der Waals surface area contributed by atoms with Gasteiger partial charge in [-0.2, -0.15) is 0 Å². The van der Waals surface area contributed by atoms with Crippen molar-refractivity contribution in [2.45, 2.75) is 12.8 Å². The summed E-state index contributed by atoms with van der Waals surface area (Å²) in [7, 11) is 0. The minimum Gasteiger partial charge on any atom is -0.327 e. The lowest BCUT2D eigenvalue weighted by Crippen LogP contribution is -2.46. The van der Waals surface area contributed by atoms with Crippen molar-refractivity contribution in [2.24, 2.45) is 5.92 Å². The molecule has 3 amide bonds. The molecule has 1 saturated heterocycles. The highest BCUT2D eigenvalue weighted by molar-refractivity contribution is 5.92. The molecule has 1 fully saturated rings. The summed E-state index contributed by atoms with van der Waals surface area (Å²) in [6, 6.07) is 19.0. The van der Waals surface area contributed by atoms with E-state index >= 15 is 0 Å². The molecular formula is C22H23N3O2. The first-order chi connectivity index (χ1) is 13.2. The molecule has 2 N–H and O–H groups in total. The third kappa shape index (κ3) is 5.61. The van der Waals surface area contributed by atoms with Crippen molar-refractivity contribution >= 4 is 17.6 Å². The molecule has 0 unspecified atom stereocenters. The van der Waals surface area contributed by atoms with E-state index in [1.807, 2.05) is 60.7 Å². The van der Waals surface area contributed by atoms with Crippen LogP contribution < -0.4 is 10.6 Å². The summed E-state index contributed by atoms with van der Waals surface area (Å²) in [5.41, 5.74) is 1.73. The van der Waals surface area contributed by atoms with Crippen molar-refractivity contribution in [3.63, 3.8) is 0 Å². The lowest BCUT2D eigenvalue weighted by molar-refractivity contribution is -0.121. The largest absolute Gasteiger partial charge is 0.327 e. The zero-order chi connectivity index (χ0) is 18.9. The van der Waals surface area contributed by atoms with E-state index in [4.69, 9.17) is 0 Å². The topological polar surface area (TPSA) is 61.4 Å². The minimum atomic E-state index is -0.126. The number of hydrogen-bond acceptors (Lipinski definition) is 2. The molecule has 5 nitrogen and oxygen atoms in total. The number of amides is 3. The number of benzene rings is 2. The average Bonchev–Trinajstić information content (AvgIpc) is 2.72. The quantitative estimate of drug-likeness (QED) is 0.826. The van der Waals surface area contributed by atoms with Crippen molar-refractivity contribution in [1.82, 2.24) is 10.2 Å². The number of hydrogen-bond donors (Lipinski definition) is 2. The number of rotatable bonds is 3. The number of para-hydroxylation sites is 1. The molecule has 138 valence electrons. The van der Waals surface area contributed by atoms with E-state index in [0.29, 0.717) is 32.5 Å². The molecule has 1 heterocycles. The molecule has 0 aliphatic carbocycles. The summed E-state index contributed by atoms with van der Waals surface area (Å²) >= 11 is 0. The molecule has 0 spiro atoms. The molecule has 0 radical (unpaired) electrons. The van der Waals surface area contributed by atoms with E-state index in [1.165, 1.54) is 0 Å². The standard InChI is InChI=1S/C22H23N3O2/c26-21(24-20-11-5-2-6-12-20)19-13-16-25(17-14-19)22(27)23-15-7-10-18-8-3-1-4-9-18/h1-6,8-9,11-12,19H,13-17H2,(H,23,27)(H,24,26). The second-order valence-electron chi connectivity index (χ2n) is 6.44. The molecule has 2 aromatic rings. The maximum atomic E-state index is 12.3. The predicted octanol–water partition coefficient (Wildman–Crippen LogP) is 3.10. The van der Waals surface area contributed by atoms with Crippen LogP contribution in [-0.2, 0) is 4.79 Å². The van der Waals surface area contributed by atoms with Crippen LogP contribution in [0.1, 0.15) is 18.4 Å². The van der Waals surface area contributed by atoms with E-state index < -0.39 is 0 Å². The fraction of sp³-hybridized carbons (Fsp3) is 0.273. The number of likely N-dealkylation sites (tertiary alicyclic amines) is 1. The fourth-order valence-corrected chi connectivity index (χ4v) is 3.01. The molecule has 1 aliphatic rings. The number of carbonyl (C=O) groups is 2. The summed E-state index contributed by atoms with van der Waals surface area (Å²) < 4.78 is 0. The predicted molar refractivity (Wildman–Crippen MR) is 106 cm³/mol. The van der Waals surface area contributed by atoms with Crippen molar-refractivity contribution in [3.8, 4) is 11.8 Å². The Morgan fingerprint density at radius 2 is 1.59 bits per heavy atom. The van der Waals surface area contributed by atoms with E-state index in [0.717, 1.165) is 11.3 Å². The van der Waals surface area contributed by atoms with Gasteiger partial charge in [-0.05, 0) is 37.1 Å². The number of urea groups is 1. The molecule has 0 bridgehead atoms. The van der Waals surface area contributed by atoms with Gasteiger partial charge >= 0.3 is 6.03 Å². The zero-order valence-electron chi connectivity index (χ0n) is 15.2. The van der Waals surface area contributed by atoms with Gasteiger partial charge in [-0.1, -0.05) is 48.2 Å². The van der Waals surface area contributed by atoms with Crippen molar-refractivity contribution < 1.29 is 9.59 Å². The zero-order valence-corrected chi connectivity index (χ0v) is 15.2. The summed E-state index contributed by atoms with van der Waals surface area (Å²) in [6.07, 6.45) is 1.34. The number of anilines is 1. The highest BCUT2D eigenvalue weighted by Crippen LogP contribution is 2.19. The van der Waals surface area contributed by atoms with Gasteiger partial charge < -0.3 is 15.5 Å². The number of nitrogens with one attached hydrogen (secondary N) is 2. The second kappa shape index (κ2) is 9.44. The Morgan fingerprint density at radius 3 is 2.26 bits per heavy atom. The van der Waals surface area contributed by atoms with Crippen LogP contribution in [0.2, 0.25) is 0 Å². The lowest BCUT2D eigenvalue weighted by Gasteiger charge is -2.31. The van der Waals surface area contributed by atoms with Crippen LogP contribution in [0.3, 0.4) is 0 Å². The summed E-state index contributed by atoms with van der Waals surface area (Å²) in [4.78, 5) is 26.3. The molecule has 1 aliphatic heterocycles. The molecule has 0 atom stereocenters. The van der Waals surface area contributed by atoms with Crippen LogP contribution in [0.4, 0.5) is 10.5 Å². The van der Waals surface area contributed by atoms with Gasteiger partial charge in [-0.25, -0.2) is 4.79 Å². The van der Waals surface area contributed by atoms with Crippen LogP contribution in [0.5, 0.6) is 0 Å². The first kappa shape index (κ1) is 18.5.